The van der Waals surface area contributed by atoms with Crippen LogP contribution in [0.1, 0.15) is 4.88 Å². The smallest absolute Gasteiger partial charge is 0.243 e. The van der Waals surface area contributed by atoms with Gasteiger partial charge in [0.25, 0.3) is 0 Å². The Labute approximate surface area is 110 Å². The summed E-state index contributed by atoms with van der Waals surface area (Å²) in [5.41, 5.74) is 2.63. The van der Waals surface area contributed by atoms with Crippen molar-refractivity contribution in [1.29, 1.82) is 0 Å². The van der Waals surface area contributed by atoms with Gasteiger partial charge in [0, 0.05) is 21.7 Å². The van der Waals surface area contributed by atoms with Gasteiger partial charge in [-0.2, -0.15) is 4.98 Å². The van der Waals surface area contributed by atoms with E-state index in [-0.39, 0.29) is 0 Å². The van der Waals surface area contributed by atoms with Crippen molar-refractivity contribution in [3.8, 4) is 0 Å². The maximum atomic E-state index is 4.36. The predicted molar refractivity (Wildman–Crippen MR) is 70.1 cm³/mol. The summed E-state index contributed by atoms with van der Waals surface area (Å²) in [6.07, 6.45) is 3.71. The number of pyridine rings is 1. The van der Waals surface area contributed by atoms with Crippen molar-refractivity contribution in [2.75, 3.05) is 5.32 Å². The first kappa shape index (κ1) is 10.7. The van der Waals surface area contributed by atoms with E-state index in [0.717, 1.165) is 15.0 Å². The monoisotopic (exact) mass is 309 g/mol. The van der Waals surface area contributed by atoms with Gasteiger partial charge in [0.2, 0.25) is 5.95 Å². The summed E-state index contributed by atoms with van der Waals surface area (Å²) in [5.74, 6) is 0.622. The fourth-order valence-electron chi connectivity index (χ4n) is 1.43. The molecule has 0 bridgehead atoms. The third-order valence-electron chi connectivity index (χ3n) is 2.20. The van der Waals surface area contributed by atoms with Gasteiger partial charge < -0.3 is 5.32 Å². The number of rotatable bonds is 3. The normalized spacial score (nSPS) is 10.9. The lowest BCUT2D eigenvalue weighted by Gasteiger charge is -1.96. The summed E-state index contributed by atoms with van der Waals surface area (Å²) < 4.78 is 2.71. The average Bonchev–Trinajstić information content (AvgIpc) is 2.94. The Morgan fingerprint density at radius 1 is 1.41 bits per heavy atom. The van der Waals surface area contributed by atoms with E-state index in [0.29, 0.717) is 12.5 Å². The molecular formula is C10H8BrN5S. The third-order valence-corrected chi connectivity index (χ3v) is 3.45. The number of anilines is 1. The summed E-state index contributed by atoms with van der Waals surface area (Å²) in [6, 6.07) is 3.85. The van der Waals surface area contributed by atoms with Gasteiger partial charge >= 0.3 is 0 Å². The molecule has 0 aliphatic carbocycles. The Balaban J connectivity index is 1.81. The van der Waals surface area contributed by atoms with Crippen LogP contribution in [0.5, 0.6) is 0 Å². The molecule has 3 heterocycles. The van der Waals surface area contributed by atoms with E-state index < -0.39 is 0 Å². The molecule has 3 aromatic rings. The van der Waals surface area contributed by atoms with Crippen LogP contribution in [0.25, 0.3) is 5.65 Å². The number of aromatic nitrogens is 4. The van der Waals surface area contributed by atoms with Crippen molar-refractivity contribution in [3.05, 3.63) is 39.4 Å². The minimum atomic E-state index is 0.622. The summed E-state index contributed by atoms with van der Waals surface area (Å²) in [7, 11) is 0. The quantitative estimate of drug-likeness (QED) is 0.808. The van der Waals surface area contributed by atoms with Crippen LogP contribution in [0.2, 0.25) is 0 Å². The van der Waals surface area contributed by atoms with E-state index in [9.17, 15) is 0 Å². The summed E-state index contributed by atoms with van der Waals surface area (Å²) >= 11 is 5.00. The Morgan fingerprint density at radius 3 is 3.18 bits per heavy atom. The molecule has 0 aromatic carbocycles. The molecular weight excluding hydrogens is 302 g/mol. The molecule has 0 unspecified atom stereocenters. The Hall–Kier alpha value is -1.47. The minimum absolute atomic E-state index is 0.622. The van der Waals surface area contributed by atoms with Gasteiger partial charge in [0.15, 0.2) is 5.65 Å². The lowest BCUT2D eigenvalue weighted by Crippen LogP contribution is -1.99. The topological polar surface area (TPSA) is 55.1 Å². The standard InChI is InChI=1S/C10H8BrN5S/c11-7-1-2-9-14-10(15-16(9)5-7)13-4-8-3-12-6-17-8/h1-3,5-6H,4H2,(H,13,15). The van der Waals surface area contributed by atoms with Crippen LogP contribution < -0.4 is 5.32 Å². The molecule has 0 aliphatic heterocycles. The zero-order valence-electron chi connectivity index (χ0n) is 8.67. The third kappa shape index (κ3) is 2.29. The van der Waals surface area contributed by atoms with E-state index in [1.165, 1.54) is 0 Å². The van der Waals surface area contributed by atoms with Crippen molar-refractivity contribution in [2.45, 2.75) is 6.54 Å². The van der Waals surface area contributed by atoms with Crippen molar-refractivity contribution in [1.82, 2.24) is 19.6 Å². The molecule has 3 aromatic heterocycles. The molecule has 17 heavy (non-hydrogen) atoms. The Bertz CT molecular complexity index is 633. The lowest BCUT2D eigenvalue weighted by atomic mass is 10.5. The first-order chi connectivity index (χ1) is 8.31. The second-order valence-corrected chi connectivity index (χ2v) is 5.29. The Kier molecular flexibility index (Phi) is 2.77. The molecule has 0 radical (unpaired) electrons. The summed E-state index contributed by atoms with van der Waals surface area (Å²) in [6.45, 7) is 0.697. The minimum Gasteiger partial charge on any atom is -0.348 e. The van der Waals surface area contributed by atoms with Gasteiger partial charge in [0.05, 0.1) is 12.1 Å². The zero-order chi connectivity index (χ0) is 11.7. The van der Waals surface area contributed by atoms with Crippen LogP contribution in [0.4, 0.5) is 5.95 Å². The highest BCUT2D eigenvalue weighted by atomic mass is 79.9. The van der Waals surface area contributed by atoms with E-state index in [2.05, 4.69) is 36.3 Å². The lowest BCUT2D eigenvalue weighted by molar-refractivity contribution is 0.948. The van der Waals surface area contributed by atoms with E-state index in [1.54, 1.807) is 15.9 Å². The molecule has 0 aliphatic rings. The maximum absolute atomic E-state index is 4.36. The van der Waals surface area contributed by atoms with Gasteiger partial charge in [-0.1, -0.05) is 0 Å². The van der Waals surface area contributed by atoms with Gasteiger partial charge in [-0.15, -0.1) is 16.4 Å². The largest absolute Gasteiger partial charge is 0.348 e. The highest BCUT2D eigenvalue weighted by molar-refractivity contribution is 9.10. The fraction of sp³-hybridized carbons (Fsp3) is 0.100. The van der Waals surface area contributed by atoms with Crippen LogP contribution in [0.3, 0.4) is 0 Å². The fourth-order valence-corrected chi connectivity index (χ4v) is 2.29. The van der Waals surface area contributed by atoms with Crippen molar-refractivity contribution in [3.63, 3.8) is 0 Å². The molecule has 0 amide bonds. The van der Waals surface area contributed by atoms with Crippen LogP contribution in [-0.2, 0) is 6.54 Å². The average molecular weight is 310 g/mol. The second-order valence-electron chi connectivity index (χ2n) is 3.41. The van der Waals surface area contributed by atoms with Gasteiger partial charge in [-0.25, -0.2) is 4.52 Å². The molecule has 7 heteroatoms. The molecule has 0 spiro atoms. The predicted octanol–water partition coefficient (Wildman–Crippen LogP) is 2.56. The number of halogens is 1. The number of nitrogens with one attached hydrogen (secondary N) is 1. The van der Waals surface area contributed by atoms with Gasteiger partial charge in [-0.05, 0) is 28.1 Å². The van der Waals surface area contributed by atoms with Crippen LogP contribution in [0, 0.1) is 0 Å². The molecule has 3 rings (SSSR count). The number of hydrogen-bond donors (Lipinski definition) is 1. The summed E-state index contributed by atoms with van der Waals surface area (Å²) in [4.78, 5) is 9.53. The van der Waals surface area contributed by atoms with Crippen LogP contribution in [0.15, 0.2) is 34.5 Å². The molecule has 5 nitrogen and oxygen atoms in total. The molecule has 0 fully saturated rings. The number of fused-ring (bicyclic) bond motifs is 1. The van der Waals surface area contributed by atoms with Gasteiger partial charge in [0.1, 0.15) is 0 Å². The van der Waals surface area contributed by atoms with Crippen molar-refractivity contribution >= 4 is 38.9 Å². The van der Waals surface area contributed by atoms with Crippen molar-refractivity contribution < 1.29 is 0 Å². The van der Waals surface area contributed by atoms with E-state index in [1.807, 2.05) is 30.0 Å². The first-order valence-corrected chi connectivity index (χ1v) is 6.62. The highest BCUT2D eigenvalue weighted by Crippen LogP contribution is 2.13. The maximum Gasteiger partial charge on any atom is 0.243 e. The highest BCUT2D eigenvalue weighted by Gasteiger charge is 2.03. The van der Waals surface area contributed by atoms with Crippen LogP contribution >= 0.6 is 27.3 Å². The molecule has 1 N–H and O–H groups in total. The summed E-state index contributed by atoms with van der Waals surface area (Å²) in [5, 5.41) is 7.49. The number of nitrogens with zero attached hydrogens (tertiary/aromatic N) is 4. The zero-order valence-corrected chi connectivity index (χ0v) is 11.1. The van der Waals surface area contributed by atoms with Crippen molar-refractivity contribution in [2.24, 2.45) is 0 Å². The van der Waals surface area contributed by atoms with E-state index >= 15 is 0 Å². The molecule has 86 valence electrons. The first-order valence-electron chi connectivity index (χ1n) is 4.94. The van der Waals surface area contributed by atoms with E-state index in [4.69, 9.17) is 0 Å². The molecule has 0 atom stereocenters. The van der Waals surface area contributed by atoms with Gasteiger partial charge in [-0.3, -0.25) is 4.98 Å². The molecule has 0 saturated heterocycles. The Morgan fingerprint density at radius 2 is 2.35 bits per heavy atom. The number of hydrogen-bond acceptors (Lipinski definition) is 5. The molecule has 0 saturated carbocycles. The SMILES string of the molecule is Brc1ccc2nc(NCc3cncs3)nn2c1. The number of thiazole rings is 1. The van der Waals surface area contributed by atoms with Crippen LogP contribution in [-0.4, -0.2) is 19.6 Å². The second kappa shape index (κ2) is 4.42.